The van der Waals surface area contributed by atoms with E-state index in [1.54, 1.807) is 6.92 Å². The molecule has 0 bridgehead atoms. The van der Waals surface area contributed by atoms with Crippen molar-refractivity contribution in [2.75, 3.05) is 0 Å². The minimum atomic E-state index is -4.38. The molecular formula is C10H11ClF3N. The highest BCUT2D eigenvalue weighted by Gasteiger charge is 2.33. The number of alkyl halides is 3. The van der Waals surface area contributed by atoms with Crippen molar-refractivity contribution in [2.24, 2.45) is 5.73 Å². The van der Waals surface area contributed by atoms with Gasteiger partial charge in [0.15, 0.2) is 0 Å². The van der Waals surface area contributed by atoms with Crippen LogP contribution in [0, 0.1) is 0 Å². The molecule has 1 atom stereocenters. The summed E-state index contributed by atoms with van der Waals surface area (Å²) < 4.78 is 37.7. The molecule has 0 saturated carbocycles. The van der Waals surface area contributed by atoms with Gasteiger partial charge >= 0.3 is 6.18 Å². The molecule has 0 amide bonds. The molecule has 1 aromatic carbocycles. The Morgan fingerprint density at radius 2 is 2.00 bits per heavy atom. The molecule has 84 valence electrons. The molecular weight excluding hydrogens is 227 g/mol. The van der Waals surface area contributed by atoms with Crippen molar-refractivity contribution in [1.29, 1.82) is 0 Å². The largest absolute Gasteiger partial charge is 0.416 e. The zero-order valence-electron chi connectivity index (χ0n) is 8.11. The smallest absolute Gasteiger partial charge is 0.328 e. The van der Waals surface area contributed by atoms with Crippen LogP contribution in [0.3, 0.4) is 0 Å². The maximum absolute atomic E-state index is 12.6. The first-order valence-electron chi connectivity index (χ1n) is 4.42. The minimum Gasteiger partial charge on any atom is -0.328 e. The second-order valence-corrected chi connectivity index (χ2v) is 3.92. The zero-order chi connectivity index (χ0) is 11.6. The molecule has 0 aromatic heterocycles. The molecule has 0 aliphatic rings. The maximum Gasteiger partial charge on any atom is 0.416 e. The molecule has 0 aliphatic carbocycles. The van der Waals surface area contributed by atoms with Gasteiger partial charge in [0.05, 0.1) is 5.56 Å². The van der Waals surface area contributed by atoms with Crippen LogP contribution in [0.4, 0.5) is 13.2 Å². The minimum absolute atomic E-state index is 0.0794. The Balaban J connectivity index is 3.15. The molecule has 0 fully saturated rings. The van der Waals surface area contributed by atoms with Crippen LogP contribution in [0.2, 0.25) is 5.02 Å². The van der Waals surface area contributed by atoms with Gasteiger partial charge < -0.3 is 5.73 Å². The molecule has 5 heteroatoms. The normalized spacial score (nSPS) is 14.0. The highest BCUT2D eigenvalue weighted by molar-refractivity contribution is 6.30. The van der Waals surface area contributed by atoms with Crippen LogP contribution in [0.25, 0.3) is 0 Å². The van der Waals surface area contributed by atoms with Gasteiger partial charge in [-0.2, -0.15) is 13.2 Å². The predicted molar refractivity (Wildman–Crippen MR) is 53.8 cm³/mol. The monoisotopic (exact) mass is 237 g/mol. The van der Waals surface area contributed by atoms with Gasteiger partial charge in [-0.05, 0) is 31.0 Å². The van der Waals surface area contributed by atoms with E-state index in [0.29, 0.717) is 0 Å². The van der Waals surface area contributed by atoms with Crippen LogP contribution in [-0.4, -0.2) is 6.04 Å². The Labute approximate surface area is 91.0 Å². The zero-order valence-corrected chi connectivity index (χ0v) is 8.86. The average molecular weight is 238 g/mol. The highest BCUT2D eigenvalue weighted by Crippen LogP contribution is 2.34. The summed E-state index contributed by atoms with van der Waals surface area (Å²) in [5, 5.41) is 0.0794. The van der Waals surface area contributed by atoms with E-state index in [-0.39, 0.29) is 23.0 Å². The predicted octanol–water partition coefficient (Wildman–Crippen LogP) is 3.25. The fourth-order valence-corrected chi connectivity index (χ4v) is 1.51. The van der Waals surface area contributed by atoms with E-state index in [0.717, 1.165) is 6.07 Å². The van der Waals surface area contributed by atoms with E-state index in [1.165, 1.54) is 12.1 Å². The van der Waals surface area contributed by atoms with Gasteiger partial charge in [0.25, 0.3) is 0 Å². The summed E-state index contributed by atoms with van der Waals surface area (Å²) in [6, 6.07) is 3.43. The number of benzene rings is 1. The maximum atomic E-state index is 12.6. The SMILES string of the molecule is CC(N)Cc1ccc(Cl)cc1C(F)(F)F. The number of halogens is 4. The average Bonchev–Trinajstić information content (AvgIpc) is 2.05. The molecule has 0 spiro atoms. The van der Waals surface area contributed by atoms with Crippen molar-refractivity contribution in [3.63, 3.8) is 0 Å². The molecule has 1 aromatic rings. The van der Waals surface area contributed by atoms with Gasteiger partial charge in [-0.1, -0.05) is 17.7 Å². The van der Waals surface area contributed by atoms with Crippen molar-refractivity contribution in [3.05, 3.63) is 34.3 Å². The summed E-state index contributed by atoms with van der Waals surface area (Å²) in [4.78, 5) is 0. The Bertz CT molecular complexity index is 347. The molecule has 0 radical (unpaired) electrons. The van der Waals surface area contributed by atoms with Crippen LogP contribution in [0.5, 0.6) is 0 Å². The Kier molecular flexibility index (Phi) is 3.62. The topological polar surface area (TPSA) is 26.0 Å². The summed E-state index contributed by atoms with van der Waals surface area (Å²) in [7, 11) is 0. The standard InChI is InChI=1S/C10H11ClF3N/c1-6(15)4-7-2-3-8(11)5-9(7)10(12,13)14/h2-3,5-6H,4,15H2,1H3. The van der Waals surface area contributed by atoms with Crippen molar-refractivity contribution >= 4 is 11.6 Å². The lowest BCUT2D eigenvalue weighted by atomic mass is 10.0. The fourth-order valence-electron chi connectivity index (χ4n) is 1.34. The second-order valence-electron chi connectivity index (χ2n) is 3.48. The van der Waals surface area contributed by atoms with E-state index in [1.807, 2.05) is 0 Å². The number of nitrogens with two attached hydrogens (primary N) is 1. The van der Waals surface area contributed by atoms with E-state index in [2.05, 4.69) is 0 Å². The van der Waals surface area contributed by atoms with Gasteiger partial charge in [0, 0.05) is 11.1 Å². The number of rotatable bonds is 2. The second kappa shape index (κ2) is 4.41. The number of hydrogen-bond acceptors (Lipinski definition) is 1. The fraction of sp³-hybridized carbons (Fsp3) is 0.400. The lowest BCUT2D eigenvalue weighted by molar-refractivity contribution is -0.138. The van der Waals surface area contributed by atoms with Crippen LogP contribution in [0.15, 0.2) is 18.2 Å². The third kappa shape index (κ3) is 3.39. The molecule has 0 saturated heterocycles. The lowest BCUT2D eigenvalue weighted by Crippen LogP contribution is -2.20. The van der Waals surface area contributed by atoms with Gasteiger partial charge in [0.2, 0.25) is 0 Å². The Morgan fingerprint density at radius 1 is 1.40 bits per heavy atom. The first-order valence-corrected chi connectivity index (χ1v) is 4.79. The first kappa shape index (κ1) is 12.3. The van der Waals surface area contributed by atoms with Crippen molar-refractivity contribution in [1.82, 2.24) is 0 Å². The molecule has 0 heterocycles. The van der Waals surface area contributed by atoms with Crippen molar-refractivity contribution in [2.45, 2.75) is 25.6 Å². The summed E-state index contributed by atoms with van der Waals surface area (Å²) in [5.41, 5.74) is 4.96. The summed E-state index contributed by atoms with van der Waals surface area (Å²) >= 11 is 5.53. The Morgan fingerprint density at radius 3 is 2.47 bits per heavy atom. The van der Waals surface area contributed by atoms with Gasteiger partial charge in [0.1, 0.15) is 0 Å². The molecule has 2 N–H and O–H groups in total. The van der Waals surface area contributed by atoms with Gasteiger partial charge in [-0.15, -0.1) is 0 Å². The quantitative estimate of drug-likeness (QED) is 0.840. The van der Waals surface area contributed by atoms with Gasteiger partial charge in [-0.25, -0.2) is 0 Å². The van der Waals surface area contributed by atoms with Crippen LogP contribution in [0.1, 0.15) is 18.1 Å². The van der Waals surface area contributed by atoms with E-state index in [9.17, 15) is 13.2 Å². The third-order valence-corrected chi connectivity index (χ3v) is 2.15. The van der Waals surface area contributed by atoms with E-state index < -0.39 is 11.7 Å². The third-order valence-electron chi connectivity index (χ3n) is 1.92. The van der Waals surface area contributed by atoms with Crippen molar-refractivity contribution < 1.29 is 13.2 Å². The van der Waals surface area contributed by atoms with Crippen LogP contribution in [-0.2, 0) is 12.6 Å². The summed E-state index contributed by atoms with van der Waals surface area (Å²) in [5.74, 6) is 0. The molecule has 1 unspecified atom stereocenters. The molecule has 0 aliphatic heterocycles. The highest BCUT2D eigenvalue weighted by atomic mass is 35.5. The first-order chi connectivity index (χ1) is 6.80. The van der Waals surface area contributed by atoms with E-state index >= 15 is 0 Å². The summed E-state index contributed by atoms with van der Waals surface area (Å²) in [6.07, 6.45) is -4.19. The lowest BCUT2D eigenvalue weighted by Gasteiger charge is -2.14. The molecule has 1 rings (SSSR count). The van der Waals surface area contributed by atoms with Crippen LogP contribution < -0.4 is 5.73 Å². The Hall–Kier alpha value is -0.740. The molecule has 1 nitrogen and oxygen atoms in total. The van der Waals surface area contributed by atoms with E-state index in [4.69, 9.17) is 17.3 Å². The molecule has 15 heavy (non-hydrogen) atoms. The van der Waals surface area contributed by atoms with Gasteiger partial charge in [-0.3, -0.25) is 0 Å². The van der Waals surface area contributed by atoms with Crippen molar-refractivity contribution in [3.8, 4) is 0 Å². The summed E-state index contributed by atoms with van der Waals surface area (Å²) in [6.45, 7) is 1.66. The van der Waals surface area contributed by atoms with Crippen LogP contribution >= 0.6 is 11.6 Å². The number of hydrogen-bond donors (Lipinski definition) is 1.